The third-order valence-electron chi connectivity index (χ3n) is 2.34. The van der Waals surface area contributed by atoms with Gasteiger partial charge in [0.05, 0.1) is 0 Å². The Kier molecular flexibility index (Phi) is 7.29. The van der Waals surface area contributed by atoms with Crippen LogP contribution in [0.5, 0.6) is 0 Å². The second-order valence-electron chi connectivity index (χ2n) is 3.70. The molecule has 13 heavy (non-hydrogen) atoms. The van der Waals surface area contributed by atoms with Gasteiger partial charge in [0.15, 0.2) is 0 Å². The number of nitrogens with two attached hydrogens (primary N) is 1. The first-order chi connectivity index (χ1) is 6.18. The van der Waals surface area contributed by atoms with Crippen molar-refractivity contribution in [1.29, 1.82) is 0 Å². The smallest absolute Gasteiger partial charge is 0.116 e. The Bertz CT molecular complexity index is 107. The van der Waals surface area contributed by atoms with Crippen molar-refractivity contribution in [2.24, 2.45) is 5.73 Å². The molecule has 0 spiro atoms. The van der Waals surface area contributed by atoms with Crippen LogP contribution in [0.2, 0.25) is 0 Å². The minimum Gasteiger partial charge on any atom is -0.361 e. The molecule has 0 atom stereocenters. The van der Waals surface area contributed by atoms with Crippen LogP contribution in [0, 0.1) is 0 Å². The lowest BCUT2D eigenvalue weighted by molar-refractivity contribution is -0.0497. The van der Waals surface area contributed by atoms with Gasteiger partial charge in [-0.25, -0.2) is 0 Å². The molecule has 0 unspecified atom stereocenters. The van der Waals surface area contributed by atoms with Crippen LogP contribution in [0.15, 0.2) is 0 Å². The van der Waals surface area contributed by atoms with Gasteiger partial charge in [0.1, 0.15) is 5.72 Å². The Hall–Kier alpha value is -0.0800. The molecule has 0 aliphatic rings. The Balaban J connectivity index is 3.84. The fraction of sp³-hybridized carbons (Fsp3) is 1.00. The van der Waals surface area contributed by atoms with Crippen molar-refractivity contribution >= 4 is 0 Å². The highest BCUT2D eigenvalue weighted by Crippen LogP contribution is 2.19. The maximum atomic E-state index is 6.16. The summed E-state index contributed by atoms with van der Waals surface area (Å²) in [5, 5.41) is 0. The van der Waals surface area contributed by atoms with Crippen LogP contribution < -0.4 is 5.73 Å². The molecule has 2 heteroatoms. The normalized spacial score (nSPS) is 12.0. The van der Waals surface area contributed by atoms with E-state index in [1.807, 2.05) is 6.92 Å². The molecule has 0 fully saturated rings. The van der Waals surface area contributed by atoms with E-state index in [9.17, 15) is 0 Å². The van der Waals surface area contributed by atoms with Crippen LogP contribution in [0.1, 0.15) is 59.3 Å². The van der Waals surface area contributed by atoms with Gasteiger partial charge >= 0.3 is 0 Å². The Morgan fingerprint density at radius 1 is 1.00 bits per heavy atom. The Morgan fingerprint density at radius 3 is 1.77 bits per heavy atom. The molecule has 2 N–H and O–H groups in total. The summed E-state index contributed by atoms with van der Waals surface area (Å²) in [5.74, 6) is 0. The van der Waals surface area contributed by atoms with Crippen molar-refractivity contribution in [2.75, 3.05) is 6.61 Å². The maximum absolute atomic E-state index is 6.16. The van der Waals surface area contributed by atoms with Crippen LogP contribution in [0.3, 0.4) is 0 Å². The molecule has 0 aromatic heterocycles. The molecule has 0 rings (SSSR count). The molecule has 0 aliphatic heterocycles. The number of hydrogen-bond donors (Lipinski definition) is 1. The lowest BCUT2D eigenvalue weighted by Crippen LogP contribution is -2.42. The SMILES string of the molecule is CCCCC(N)(CCCC)OCC. The summed E-state index contributed by atoms with van der Waals surface area (Å²) in [7, 11) is 0. The summed E-state index contributed by atoms with van der Waals surface area (Å²) in [6.45, 7) is 7.11. The van der Waals surface area contributed by atoms with E-state index in [0.29, 0.717) is 0 Å². The fourth-order valence-electron chi connectivity index (χ4n) is 1.51. The first kappa shape index (κ1) is 12.9. The molecule has 2 nitrogen and oxygen atoms in total. The van der Waals surface area contributed by atoms with E-state index < -0.39 is 0 Å². The van der Waals surface area contributed by atoms with Gasteiger partial charge in [0.2, 0.25) is 0 Å². The lowest BCUT2D eigenvalue weighted by atomic mass is 10.0. The van der Waals surface area contributed by atoms with Crippen molar-refractivity contribution in [3.8, 4) is 0 Å². The summed E-state index contributed by atoms with van der Waals surface area (Å²) in [5.41, 5.74) is 5.81. The van der Waals surface area contributed by atoms with E-state index in [2.05, 4.69) is 13.8 Å². The molecular weight excluding hydrogens is 162 g/mol. The van der Waals surface area contributed by atoms with Crippen LogP contribution in [0.4, 0.5) is 0 Å². The first-order valence-corrected chi connectivity index (χ1v) is 5.61. The first-order valence-electron chi connectivity index (χ1n) is 5.61. The van der Waals surface area contributed by atoms with Crippen molar-refractivity contribution in [3.63, 3.8) is 0 Å². The van der Waals surface area contributed by atoms with Crippen molar-refractivity contribution in [2.45, 2.75) is 65.0 Å². The molecule has 0 aromatic carbocycles. The molecular formula is C11H25NO. The highest BCUT2D eigenvalue weighted by molar-refractivity contribution is 4.72. The van der Waals surface area contributed by atoms with E-state index in [1.54, 1.807) is 0 Å². The predicted octanol–water partition coefficient (Wildman–Crippen LogP) is 3.06. The van der Waals surface area contributed by atoms with E-state index in [0.717, 1.165) is 19.4 Å². The molecule has 0 saturated carbocycles. The predicted molar refractivity (Wildman–Crippen MR) is 57.6 cm³/mol. The van der Waals surface area contributed by atoms with Crippen LogP contribution >= 0.6 is 0 Å². The number of unbranched alkanes of at least 4 members (excludes halogenated alkanes) is 2. The van der Waals surface area contributed by atoms with Gasteiger partial charge in [-0.3, -0.25) is 0 Å². The van der Waals surface area contributed by atoms with E-state index in [4.69, 9.17) is 10.5 Å². The second-order valence-corrected chi connectivity index (χ2v) is 3.70. The summed E-state index contributed by atoms with van der Waals surface area (Å²) in [6.07, 6.45) is 6.71. The van der Waals surface area contributed by atoms with E-state index in [1.165, 1.54) is 25.7 Å². The number of rotatable bonds is 8. The third-order valence-corrected chi connectivity index (χ3v) is 2.34. The minimum atomic E-state index is -0.346. The van der Waals surface area contributed by atoms with Gasteiger partial charge in [-0.05, 0) is 32.6 Å². The Morgan fingerprint density at radius 2 is 1.46 bits per heavy atom. The maximum Gasteiger partial charge on any atom is 0.116 e. The van der Waals surface area contributed by atoms with Gasteiger partial charge in [-0.1, -0.05) is 26.7 Å². The molecule has 0 amide bonds. The third kappa shape index (κ3) is 6.05. The molecule has 0 bridgehead atoms. The summed E-state index contributed by atoms with van der Waals surface area (Å²) < 4.78 is 5.61. The fourth-order valence-corrected chi connectivity index (χ4v) is 1.51. The lowest BCUT2D eigenvalue weighted by Gasteiger charge is -2.29. The van der Waals surface area contributed by atoms with E-state index in [-0.39, 0.29) is 5.72 Å². The summed E-state index contributed by atoms with van der Waals surface area (Å²) >= 11 is 0. The topological polar surface area (TPSA) is 35.2 Å². The quantitative estimate of drug-likeness (QED) is 0.593. The zero-order valence-electron chi connectivity index (χ0n) is 9.44. The highest BCUT2D eigenvalue weighted by atomic mass is 16.5. The van der Waals surface area contributed by atoms with Gasteiger partial charge in [0.25, 0.3) is 0 Å². The van der Waals surface area contributed by atoms with Gasteiger partial charge in [-0.15, -0.1) is 0 Å². The van der Waals surface area contributed by atoms with Crippen molar-refractivity contribution < 1.29 is 4.74 Å². The van der Waals surface area contributed by atoms with Crippen LogP contribution in [-0.2, 0) is 4.74 Å². The molecule has 0 saturated heterocycles. The van der Waals surface area contributed by atoms with Gasteiger partial charge < -0.3 is 10.5 Å². The number of hydrogen-bond acceptors (Lipinski definition) is 2. The molecule has 0 aromatic rings. The monoisotopic (exact) mass is 187 g/mol. The zero-order valence-corrected chi connectivity index (χ0v) is 9.44. The molecule has 0 radical (unpaired) electrons. The second kappa shape index (κ2) is 7.34. The summed E-state index contributed by atoms with van der Waals surface area (Å²) in [4.78, 5) is 0. The van der Waals surface area contributed by atoms with Gasteiger partial charge in [0, 0.05) is 6.61 Å². The van der Waals surface area contributed by atoms with Crippen LogP contribution in [0.25, 0.3) is 0 Å². The summed E-state index contributed by atoms with van der Waals surface area (Å²) in [6, 6.07) is 0. The average Bonchev–Trinajstić information content (AvgIpc) is 2.12. The Labute approximate surface area is 82.8 Å². The standard InChI is InChI=1S/C11H25NO/c1-4-7-9-11(12,13-6-3)10-8-5-2/h4-10,12H2,1-3H3. The molecule has 0 heterocycles. The zero-order chi connectivity index (χ0) is 10.2. The average molecular weight is 187 g/mol. The minimum absolute atomic E-state index is 0.346. The molecule has 0 aliphatic carbocycles. The van der Waals surface area contributed by atoms with E-state index >= 15 is 0 Å². The highest BCUT2D eigenvalue weighted by Gasteiger charge is 2.23. The van der Waals surface area contributed by atoms with Gasteiger partial charge in [-0.2, -0.15) is 0 Å². The number of ether oxygens (including phenoxy) is 1. The molecule has 80 valence electrons. The largest absolute Gasteiger partial charge is 0.361 e. The van der Waals surface area contributed by atoms with Crippen molar-refractivity contribution in [3.05, 3.63) is 0 Å². The van der Waals surface area contributed by atoms with Crippen LogP contribution in [-0.4, -0.2) is 12.3 Å². The van der Waals surface area contributed by atoms with Crippen molar-refractivity contribution in [1.82, 2.24) is 0 Å².